The van der Waals surface area contributed by atoms with Crippen molar-refractivity contribution in [2.45, 2.75) is 33.8 Å². The minimum Gasteiger partial charge on any atom is -0.489 e. The van der Waals surface area contributed by atoms with E-state index in [0.29, 0.717) is 5.95 Å². The fourth-order valence-corrected chi connectivity index (χ4v) is 2.88. The van der Waals surface area contributed by atoms with Crippen LogP contribution >= 0.6 is 0 Å². The summed E-state index contributed by atoms with van der Waals surface area (Å²) in [4.78, 5) is 11.5. The van der Waals surface area contributed by atoms with Crippen molar-refractivity contribution in [2.75, 3.05) is 16.8 Å². The van der Waals surface area contributed by atoms with Gasteiger partial charge in [0.2, 0.25) is 5.95 Å². The van der Waals surface area contributed by atoms with Gasteiger partial charge in [-0.05, 0) is 52.0 Å². The number of hydrogen-bond acceptors (Lipinski definition) is 5. The lowest BCUT2D eigenvalue weighted by atomic mass is 10.2. The summed E-state index contributed by atoms with van der Waals surface area (Å²) in [6.45, 7) is 8.93. The van der Waals surface area contributed by atoms with Gasteiger partial charge < -0.3 is 15.0 Å². The average Bonchev–Trinajstić information content (AvgIpc) is 2.64. The summed E-state index contributed by atoms with van der Waals surface area (Å²) >= 11 is 0. The predicted octanol–water partition coefficient (Wildman–Crippen LogP) is 5.47. The smallest absolute Gasteiger partial charge is 0.229 e. The van der Waals surface area contributed by atoms with Crippen LogP contribution in [0.15, 0.2) is 60.7 Å². The highest BCUT2D eigenvalue weighted by molar-refractivity contribution is 5.65. The van der Waals surface area contributed by atoms with Crippen molar-refractivity contribution in [2.24, 2.45) is 0 Å². The maximum Gasteiger partial charge on any atom is 0.229 e. The van der Waals surface area contributed by atoms with Crippen LogP contribution in [0.1, 0.15) is 26.5 Å². The Morgan fingerprint density at radius 1 is 1.00 bits per heavy atom. The van der Waals surface area contributed by atoms with Crippen LogP contribution in [0.2, 0.25) is 0 Å². The Hall–Kier alpha value is -3.08. The molecule has 0 unspecified atom stereocenters. The summed E-state index contributed by atoms with van der Waals surface area (Å²) in [7, 11) is 0. The highest BCUT2D eigenvalue weighted by atomic mass is 16.5. The Morgan fingerprint density at radius 2 is 1.70 bits per heavy atom. The second kappa shape index (κ2) is 8.54. The number of nitrogens with one attached hydrogen (secondary N) is 1. The van der Waals surface area contributed by atoms with Crippen LogP contribution in [-0.4, -0.2) is 22.6 Å². The highest BCUT2D eigenvalue weighted by Crippen LogP contribution is 2.29. The molecule has 0 bridgehead atoms. The summed E-state index contributed by atoms with van der Waals surface area (Å²) in [6, 6.07) is 20.1. The first kappa shape index (κ1) is 18.7. The van der Waals surface area contributed by atoms with Gasteiger partial charge in [-0.15, -0.1) is 0 Å². The van der Waals surface area contributed by atoms with Crippen LogP contribution in [0.25, 0.3) is 0 Å². The number of nitrogens with zero attached hydrogens (tertiary/aromatic N) is 3. The van der Waals surface area contributed by atoms with Crippen LogP contribution in [0.5, 0.6) is 5.75 Å². The number of ether oxygens (including phenoxy) is 1. The van der Waals surface area contributed by atoms with E-state index in [2.05, 4.69) is 34.3 Å². The fourth-order valence-electron chi connectivity index (χ4n) is 2.88. The third-order valence-electron chi connectivity index (χ3n) is 4.00. The van der Waals surface area contributed by atoms with Crippen molar-refractivity contribution >= 4 is 23.1 Å². The molecule has 3 aromatic rings. The molecule has 0 aliphatic rings. The van der Waals surface area contributed by atoms with E-state index in [1.807, 2.05) is 69.3 Å². The van der Waals surface area contributed by atoms with Crippen molar-refractivity contribution in [3.05, 3.63) is 66.4 Å². The van der Waals surface area contributed by atoms with E-state index in [1.165, 1.54) is 0 Å². The molecule has 5 nitrogen and oxygen atoms in total. The molecule has 140 valence electrons. The number of hydrogen-bond donors (Lipinski definition) is 1. The van der Waals surface area contributed by atoms with E-state index in [4.69, 9.17) is 9.72 Å². The van der Waals surface area contributed by atoms with E-state index in [1.54, 1.807) is 0 Å². The van der Waals surface area contributed by atoms with Gasteiger partial charge in [0.05, 0.1) is 11.8 Å². The zero-order valence-corrected chi connectivity index (χ0v) is 16.3. The van der Waals surface area contributed by atoms with E-state index in [-0.39, 0.29) is 6.10 Å². The Kier molecular flexibility index (Phi) is 5.91. The number of benzene rings is 2. The number of rotatable bonds is 7. The first-order chi connectivity index (χ1) is 13.1. The number of anilines is 4. The third-order valence-corrected chi connectivity index (χ3v) is 4.00. The minimum atomic E-state index is 0.0932. The molecule has 0 saturated carbocycles. The molecule has 2 aromatic carbocycles. The van der Waals surface area contributed by atoms with Crippen molar-refractivity contribution in [3.8, 4) is 5.75 Å². The first-order valence-corrected chi connectivity index (χ1v) is 9.27. The topological polar surface area (TPSA) is 50.3 Å². The van der Waals surface area contributed by atoms with Crippen LogP contribution < -0.4 is 15.0 Å². The zero-order valence-electron chi connectivity index (χ0n) is 16.3. The van der Waals surface area contributed by atoms with Gasteiger partial charge in [-0.2, -0.15) is 4.98 Å². The lowest BCUT2D eigenvalue weighted by Crippen LogP contribution is -2.18. The van der Waals surface area contributed by atoms with Gasteiger partial charge in [0.25, 0.3) is 0 Å². The lowest BCUT2D eigenvalue weighted by molar-refractivity contribution is 0.244. The molecular formula is C22H26N4O. The monoisotopic (exact) mass is 362 g/mol. The Balaban J connectivity index is 1.92. The predicted molar refractivity (Wildman–Crippen MR) is 111 cm³/mol. The van der Waals surface area contributed by atoms with Crippen molar-refractivity contribution < 1.29 is 4.74 Å². The van der Waals surface area contributed by atoms with Gasteiger partial charge in [0.1, 0.15) is 11.6 Å². The number of aromatic nitrogens is 2. The van der Waals surface area contributed by atoms with Crippen LogP contribution in [-0.2, 0) is 0 Å². The standard InChI is InChI=1S/C22H26N4O/c1-5-26(18-11-7-6-8-12-18)21-15-17(4)23-22(25-21)24-19-13-9-10-14-20(19)27-16(2)3/h6-16H,5H2,1-4H3,(H,23,24,25). The Labute approximate surface area is 161 Å². The molecule has 1 heterocycles. The molecule has 1 N–H and O–H groups in total. The summed E-state index contributed by atoms with van der Waals surface area (Å²) < 4.78 is 5.89. The maximum absolute atomic E-state index is 5.89. The van der Waals surface area contributed by atoms with Crippen LogP contribution in [0, 0.1) is 6.92 Å². The molecular weight excluding hydrogens is 336 g/mol. The molecule has 0 amide bonds. The second-order valence-corrected chi connectivity index (χ2v) is 6.56. The van der Waals surface area contributed by atoms with Gasteiger partial charge in [0, 0.05) is 24.0 Å². The van der Waals surface area contributed by atoms with Crippen molar-refractivity contribution in [1.82, 2.24) is 9.97 Å². The normalized spacial score (nSPS) is 10.7. The molecule has 0 aliphatic carbocycles. The Morgan fingerprint density at radius 3 is 2.41 bits per heavy atom. The molecule has 0 radical (unpaired) electrons. The molecule has 0 aliphatic heterocycles. The maximum atomic E-state index is 5.89. The van der Waals surface area contributed by atoms with E-state index in [0.717, 1.165) is 35.2 Å². The highest BCUT2D eigenvalue weighted by Gasteiger charge is 2.13. The molecule has 27 heavy (non-hydrogen) atoms. The fraction of sp³-hybridized carbons (Fsp3) is 0.273. The lowest BCUT2D eigenvalue weighted by Gasteiger charge is -2.23. The first-order valence-electron chi connectivity index (χ1n) is 9.27. The average molecular weight is 362 g/mol. The second-order valence-electron chi connectivity index (χ2n) is 6.56. The number of para-hydroxylation sites is 3. The third kappa shape index (κ3) is 4.76. The Bertz CT molecular complexity index is 880. The quantitative estimate of drug-likeness (QED) is 0.603. The molecule has 5 heteroatoms. The van der Waals surface area contributed by atoms with Gasteiger partial charge >= 0.3 is 0 Å². The van der Waals surface area contributed by atoms with Gasteiger partial charge in [-0.3, -0.25) is 0 Å². The molecule has 0 atom stereocenters. The van der Waals surface area contributed by atoms with Crippen LogP contribution in [0.4, 0.5) is 23.1 Å². The largest absolute Gasteiger partial charge is 0.489 e. The molecule has 0 fully saturated rings. The minimum absolute atomic E-state index is 0.0932. The van der Waals surface area contributed by atoms with E-state index >= 15 is 0 Å². The zero-order chi connectivity index (χ0) is 19.2. The summed E-state index contributed by atoms with van der Waals surface area (Å²) in [6.07, 6.45) is 0.0932. The van der Waals surface area contributed by atoms with Gasteiger partial charge in [-0.1, -0.05) is 30.3 Å². The SMILES string of the molecule is CCN(c1ccccc1)c1cc(C)nc(Nc2ccccc2OC(C)C)n1. The van der Waals surface area contributed by atoms with Crippen molar-refractivity contribution in [3.63, 3.8) is 0 Å². The molecule has 0 spiro atoms. The summed E-state index contributed by atoms with van der Waals surface area (Å²) in [5.41, 5.74) is 2.86. The van der Waals surface area contributed by atoms with Gasteiger partial charge in [0.15, 0.2) is 0 Å². The van der Waals surface area contributed by atoms with E-state index in [9.17, 15) is 0 Å². The van der Waals surface area contributed by atoms with Crippen molar-refractivity contribution in [1.29, 1.82) is 0 Å². The summed E-state index contributed by atoms with van der Waals surface area (Å²) in [5.74, 6) is 2.20. The van der Waals surface area contributed by atoms with Gasteiger partial charge in [-0.25, -0.2) is 4.98 Å². The molecule has 1 aromatic heterocycles. The molecule has 3 rings (SSSR count). The molecule has 0 saturated heterocycles. The summed E-state index contributed by atoms with van der Waals surface area (Å²) in [5, 5.41) is 3.32. The van der Waals surface area contributed by atoms with E-state index < -0.39 is 0 Å². The number of aryl methyl sites for hydroxylation is 1. The van der Waals surface area contributed by atoms with Crippen LogP contribution in [0.3, 0.4) is 0 Å².